The van der Waals surface area contributed by atoms with Crippen molar-refractivity contribution < 1.29 is 0 Å². The molecule has 2 atom stereocenters. The van der Waals surface area contributed by atoms with Gasteiger partial charge in [-0.15, -0.1) is 0 Å². The molecule has 2 unspecified atom stereocenters. The molecule has 0 radical (unpaired) electrons. The molecule has 0 amide bonds. The van der Waals surface area contributed by atoms with Crippen LogP contribution in [0, 0.1) is 0 Å². The Labute approximate surface area is 126 Å². The van der Waals surface area contributed by atoms with E-state index in [1.165, 1.54) is 0 Å². The first kappa shape index (κ1) is 14.3. The van der Waals surface area contributed by atoms with E-state index in [1.807, 2.05) is 16.9 Å². The minimum atomic E-state index is 0.0489. The molecule has 2 aromatic heterocycles. The van der Waals surface area contributed by atoms with Crippen molar-refractivity contribution in [3.05, 3.63) is 24.2 Å². The molecule has 0 saturated carbocycles. The van der Waals surface area contributed by atoms with Crippen molar-refractivity contribution in [2.24, 2.45) is 0 Å². The molecular weight excluding hydrogens is 262 g/mol. The molecule has 5 nitrogen and oxygen atoms in total. The number of aromatic nitrogens is 3. The van der Waals surface area contributed by atoms with Crippen LogP contribution in [0.4, 0.5) is 5.82 Å². The van der Waals surface area contributed by atoms with Crippen molar-refractivity contribution in [2.75, 3.05) is 18.0 Å². The zero-order chi connectivity index (χ0) is 15.2. The van der Waals surface area contributed by atoms with Gasteiger partial charge in [0.1, 0.15) is 5.52 Å². The van der Waals surface area contributed by atoms with Gasteiger partial charge in [-0.2, -0.15) is 5.10 Å². The first-order chi connectivity index (χ1) is 9.84. The summed E-state index contributed by atoms with van der Waals surface area (Å²) in [7, 11) is 0. The second kappa shape index (κ2) is 4.98. The van der Waals surface area contributed by atoms with E-state index < -0.39 is 0 Å². The highest BCUT2D eigenvalue weighted by Crippen LogP contribution is 2.27. The summed E-state index contributed by atoms with van der Waals surface area (Å²) < 4.78 is 1.96. The van der Waals surface area contributed by atoms with Crippen LogP contribution in [-0.4, -0.2) is 39.8 Å². The maximum absolute atomic E-state index is 4.71. The maximum atomic E-state index is 4.71. The number of hydrogen-bond acceptors (Lipinski definition) is 4. The zero-order valence-corrected chi connectivity index (χ0v) is 13.6. The van der Waals surface area contributed by atoms with E-state index in [0.717, 1.165) is 30.1 Å². The lowest BCUT2D eigenvalue weighted by atomic mass is 9.92. The topological polar surface area (TPSA) is 45.5 Å². The third-order valence-electron chi connectivity index (χ3n) is 4.00. The van der Waals surface area contributed by atoms with Gasteiger partial charge >= 0.3 is 0 Å². The lowest BCUT2D eigenvalue weighted by molar-refractivity contribution is 0.405. The number of fused-ring (bicyclic) bond motifs is 1. The van der Waals surface area contributed by atoms with E-state index in [4.69, 9.17) is 5.10 Å². The highest BCUT2D eigenvalue weighted by molar-refractivity contribution is 5.69. The number of anilines is 1. The molecule has 1 aliphatic heterocycles. The van der Waals surface area contributed by atoms with Crippen LogP contribution >= 0.6 is 0 Å². The van der Waals surface area contributed by atoms with Crippen molar-refractivity contribution in [1.29, 1.82) is 0 Å². The molecule has 0 aliphatic carbocycles. The molecule has 2 aromatic rings. The molecule has 1 saturated heterocycles. The Morgan fingerprint density at radius 1 is 1.19 bits per heavy atom. The maximum Gasteiger partial charge on any atom is 0.154 e. The molecular formula is C16H25N5. The number of nitrogens with one attached hydrogen (secondary N) is 1. The number of hydrogen-bond donors (Lipinski definition) is 1. The fraction of sp³-hybridized carbons (Fsp3) is 0.625. The second-order valence-corrected chi connectivity index (χ2v) is 7.23. The normalized spacial score (nSPS) is 23.8. The van der Waals surface area contributed by atoms with Crippen molar-refractivity contribution in [1.82, 2.24) is 19.9 Å². The summed E-state index contributed by atoms with van der Waals surface area (Å²) in [6, 6.07) is 3.13. The van der Waals surface area contributed by atoms with Gasteiger partial charge in [0.05, 0.1) is 5.69 Å². The fourth-order valence-electron chi connectivity index (χ4n) is 3.02. The summed E-state index contributed by atoms with van der Waals surface area (Å²) in [5, 5.41) is 8.28. The number of piperazine rings is 1. The summed E-state index contributed by atoms with van der Waals surface area (Å²) in [5.41, 5.74) is 2.25. The van der Waals surface area contributed by atoms with Crippen molar-refractivity contribution in [3.63, 3.8) is 0 Å². The quantitative estimate of drug-likeness (QED) is 0.873. The van der Waals surface area contributed by atoms with Gasteiger partial charge in [-0.25, -0.2) is 9.50 Å². The monoisotopic (exact) mass is 287 g/mol. The first-order valence-electron chi connectivity index (χ1n) is 7.70. The molecule has 5 heteroatoms. The molecule has 1 N–H and O–H groups in total. The summed E-state index contributed by atoms with van der Waals surface area (Å²) in [4.78, 5) is 7.00. The Hall–Kier alpha value is -1.62. The summed E-state index contributed by atoms with van der Waals surface area (Å²) in [6.45, 7) is 13.0. The van der Waals surface area contributed by atoms with E-state index in [-0.39, 0.29) is 5.41 Å². The van der Waals surface area contributed by atoms with Gasteiger partial charge in [-0.3, -0.25) is 0 Å². The van der Waals surface area contributed by atoms with Crippen molar-refractivity contribution in [3.8, 4) is 0 Å². The van der Waals surface area contributed by atoms with Gasteiger partial charge in [0.25, 0.3) is 0 Å². The van der Waals surface area contributed by atoms with E-state index >= 15 is 0 Å². The molecule has 114 valence electrons. The van der Waals surface area contributed by atoms with Crippen LogP contribution in [0.2, 0.25) is 0 Å². The van der Waals surface area contributed by atoms with Gasteiger partial charge in [0, 0.05) is 43.0 Å². The zero-order valence-electron chi connectivity index (χ0n) is 13.6. The van der Waals surface area contributed by atoms with Crippen LogP contribution in [0.3, 0.4) is 0 Å². The smallest absolute Gasteiger partial charge is 0.154 e. The third-order valence-corrected chi connectivity index (χ3v) is 4.00. The molecule has 0 bridgehead atoms. The van der Waals surface area contributed by atoms with E-state index in [1.54, 1.807) is 0 Å². The van der Waals surface area contributed by atoms with Gasteiger partial charge in [0.2, 0.25) is 0 Å². The van der Waals surface area contributed by atoms with E-state index in [9.17, 15) is 0 Å². The molecule has 3 heterocycles. The average Bonchev–Trinajstić information content (AvgIpc) is 2.80. The summed E-state index contributed by atoms with van der Waals surface area (Å²) in [6.07, 6.45) is 3.78. The number of rotatable bonds is 1. The Balaban J connectivity index is 2.04. The predicted molar refractivity (Wildman–Crippen MR) is 86.0 cm³/mol. The van der Waals surface area contributed by atoms with E-state index in [2.05, 4.69) is 55.9 Å². The largest absolute Gasteiger partial charge is 0.352 e. The highest BCUT2D eigenvalue weighted by atomic mass is 15.3. The Bertz CT molecular complexity index is 630. The Morgan fingerprint density at radius 2 is 1.86 bits per heavy atom. The van der Waals surface area contributed by atoms with Crippen molar-refractivity contribution in [2.45, 2.75) is 52.1 Å². The molecule has 1 fully saturated rings. The Morgan fingerprint density at radius 3 is 2.48 bits per heavy atom. The minimum absolute atomic E-state index is 0.0489. The van der Waals surface area contributed by atoms with Crippen LogP contribution in [0.1, 0.15) is 40.3 Å². The fourth-order valence-corrected chi connectivity index (χ4v) is 3.02. The highest BCUT2D eigenvalue weighted by Gasteiger charge is 2.25. The lowest BCUT2D eigenvalue weighted by Crippen LogP contribution is -2.54. The van der Waals surface area contributed by atoms with Gasteiger partial charge in [-0.1, -0.05) is 20.8 Å². The van der Waals surface area contributed by atoms with Crippen LogP contribution in [-0.2, 0) is 5.41 Å². The standard InChI is InChI=1S/C16H25N5/c1-11-9-20(10-12(2)18-11)15-13-8-14(16(3,4)5)19-21(13)7-6-17-15/h6-8,11-12,18H,9-10H2,1-5H3. The minimum Gasteiger partial charge on any atom is -0.352 e. The first-order valence-corrected chi connectivity index (χ1v) is 7.70. The van der Waals surface area contributed by atoms with E-state index in [0.29, 0.717) is 12.1 Å². The summed E-state index contributed by atoms with van der Waals surface area (Å²) >= 11 is 0. The molecule has 3 rings (SSSR count). The van der Waals surface area contributed by atoms with Crippen molar-refractivity contribution >= 4 is 11.3 Å². The van der Waals surface area contributed by atoms with Crippen LogP contribution < -0.4 is 10.2 Å². The van der Waals surface area contributed by atoms with Crippen LogP contribution in [0.15, 0.2) is 18.5 Å². The second-order valence-electron chi connectivity index (χ2n) is 7.23. The van der Waals surface area contributed by atoms with Crippen LogP contribution in [0.25, 0.3) is 5.52 Å². The molecule has 0 aromatic carbocycles. The average molecular weight is 287 g/mol. The predicted octanol–water partition coefficient (Wildman–Crippen LogP) is 2.21. The van der Waals surface area contributed by atoms with Gasteiger partial charge in [-0.05, 0) is 19.9 Å². The summed E-state index contributed by atoms with van der Waals surface area (Å²) in [5.74, 6) is 1.04. The SMILES string of the molecule is CC1CN(c2nccn3nc(C(C)(C)C)cc23)CC(C)N1. The van der Waals surface area contributed by atoms with Gasteiger partial charge in [0.15, 0.2) is 5.82 Å². The van der Waals surface area contributed by atoms with Gasteiger partial charge < -0.3 is 10.2 Å². The Kier molecular flexibility index (Phi) is 3.40. The number of nitrogens with zero attached hydrogens (tertiary/aromatic N) is 4. The lowest BCUT2D eigenvalue weighted by Gasteiger charge is -2.37. The molecule has 0 spiro atoms. The molecule has 21 heavy (non-hydrogen) atoms. The molecule has 1 aliphatic rings. The van der Waals surface area contributed by atoms with Crippen LogP contribution in [0.5, 0.6) is 0 Å². The third kappa shape index (κ3) is 2.75.